The summed E-state index contributed by atoms with van der Waals surface area (Å²) in [7, 11) is 0. The van der Waals surface area contributed by atoms with E-state index in [1.54, 1.807) is 0 Å². The van der Waals surface area contributed by atoms with Crippen LogP contribution in [0.1, 0.15) is 32.6 Å². The molecule has 1 aromatic carbocycles. The fourth-order valence-corrected chi connectivity index (χ4v) is 3.26. The van der Waals surface area contributed by atoms with Crippen LogP contribution < -0.4 is 4.74 Å². The number of hydrogen-bond donors (Lipinski definition) is 0. The van der Waals surface area contributed by atoms with Crippen LogP contribution in [0.5, 0.6) is 5.75 Å². The molecule has 2 rings (SSSR count). The van der Waals surface area contributed by atoms with E-state index in [0.29, 0.717) is 13.2 Å². The molecule has 0 aliphatic heterocycles. The Morgan fingerprint density at radius 2 is 1.84 bits per heavy atom. The van der Waals surface area contributed by atoms with Gasteiger partial charge in [-0.05, 0) is 43.7 Å². The average Bonchev–Trinajstić information content (AvgIpc) is 2.47. The van der Waals surface area contributed by atoms with Crippen molar-refractivity contribution in [2.24, 2.45) is 5.92 Å². The molecule has 0 atom stereocenters. The van der Waals surface area contributed by atoms with Gasteiger partial charge in [-0.25, -0.2) is 0 Å². The first-order chi connectivity index (χ1) is 9.24. The molecule has 0 amide bonds. The van der Waals surface area contributed by atoms with E-state index >= 15 is 0 Å². The van der Waals surface area contributed by atoms with Crippen LogP contribution in [0, 0.1) is 5.92 Å². The predicted molar refractivity (Wildman–Crippen MR) is 82.0 cm³/mol. The highest BCUT2D eigenvalue weighted by molar-refractivity contribution is 9.09. The molecule has 106 valence electrons. The Kier molecular flexibility index (Phi) is 5.71. The number of halogens is 1. The third-order valence-electron chi connectivity index (χ3n) is 3.93. The molecular formula is C16H23BrO2. The number of rotatable bonds is 6. The van der Waals surface area contributed by atoms with Crippen LogP contribution in [0.4, 0.5) is 0 Å². The summed E-state index contributed by atoms with van der Waals surface area (Å²) < 4.78 is 11.8. The lowest BCUT2D eigenvalue weighted by molar-refractivity contribution is -0.0669. The summed E-state index contributed by atoms with van der Waals surface area (Å²) in [5.74, 6) is 1.76. The van der Waals surface area contributed by atoms with Crippen LogP contribution >= 0.6 is 15.9 Å². The fourth-order valence-electron chi connectivity index (χ4n) is 2.54. The van der Waals surface area contributed by atoms with Crippen molar-refractivity contribution in [3.05, 3.63) is 30.3 Å². The molecular weight excluding hydrogens is 304 g/mol. The lowest BCUT2D eigenvalue weighted by Gasteiger charge is -2.38. The second kappa shape index (κ2) is 7.30. The molecule has 0 aromatic heterocycles. The van der Waals surface area contributed by atoms with Gasteiger partial charge in [-0.1, -0.05) is 41.1 Å². The topological polar surface area (TPSA) is 18.5 Å². The summed E-state index contributed by atoms with van der Waals surface area (Å²) in [4.78, 5) is 0. The minimum atomic E-state index is 0.0343. The normalized spacial score (nSPS) is 27.2. The summed E-state index contributed by atoms with van der Waals surface area (Å²) in [6.07, 6.45) is 4.85. The Morgan fingerprint density at radius 1 is 1.16 bits per heavy atom. The molecule has 0 heterocycles. The first kappa shape index (κ1) is 14.9. The van der Waals surface area contributed by atoms with Crippen LogP contribution in [-0.2, 0) is 4.74 Å². The molecule has 1 saturated carbocycles. The van der Waals surface area contributed by atoms with Gasteiger partial charge >= 0.3 is 0 Å². The monoisotopic (exact) mass is 326 g/mol. The van der Waals surface area contributed by atoms with Crippen molar-refractivity contribution < 1.29 is 9.47 Å². The van der Waals surface area contributed by atoms with E-state index in [2.05, 4.69) is 22.9 Å². The third-order valence-corrected chi connectivity index (χ3v) is 4.95. The molecule has 3 heteroatoms. The summed E-state index contributed by atoms with van der Waals surface area (Å²) in [5.41, 5.74) is 0.0343. The van der Waals surface area contributed by atoms with Gasteiger partial charge in [-0.2, -0.15) is 0 Å². The highest BCUT2D eigenvalue weighted by Crippen LogP contribution is 2.35. The maximum atomic E-state index is 6.12. The highest BCUT2D eigenvalue weighted by Gasteiger charge is 2.33. The Morgan fingerprint density at radius 3 is 2.47 bits per heavy atom. The summed E-state index contributed by atoms with van der Waals surface area (Å²) >= 11 is 3.62. The van der Waals surface area contributed by atoms with Gasteiger partial charge in [0, 0.05) is 5.33 Å². The number of alkyl halides is 1. The van der Waals surface area contributed by atoms with Crippen molar-refractivity contribution >= 4 is 15.9 Å². The molecule has 2 nitrogen and oxygen atoms in total. The van der Waals surface area contributed by atoms with Crippen molar-refractivity contribution in [1.82, 2.24) is 0 Å². The third kappa shape index (κ3) is 4.50. The standard InChI is InChI=1S/C16H23BrO2/c1-14-7-9-16(13-17,10-8-14)19-12-11-18-15-5-3-2-4-6-15/h2-6,14H,7-13H2,1H3. The zero-order valence-corrected chi connectivity index (χ0v) is 13.2. The van der Waals surface area contributed by atoms with Gasteiger partial charge in [0.05, 0.1) is 12.2 Å². The average molecular weight is 327 g/mol. The molecule has 1 aromatic rings. The van der Waals surface area contributed by atoms with E-state index < -0.39 is 0 Å². The zero-order chi connectivity index (χ0) is 13.6. The maximum absolute atomic E-state index is 6.12. The molecule has 1 fully saturated rings. The van der Waals surface area contributed by atoms with E-state index in [1.807, 2.05) is 30.3 Å². The van der Waals surface area contributed by atoms with Gasteiger partial charge < -0.3 is 9.47 Å². The van der Waals surface area contributed by atoms with Crippen molar-refractivity contribution in [2.75, 3.05) is 18.5 Å². The number of para-hydroxylation sites is 1. The lowest BCUT2D eigenvalue weighted by Crippen LogP contribution is -2.39. The molecule has 19 heavy (non-hydrogen) atoms. The van der Waals surface area contributed by atoms with E-state index in [4.69, 9.17) is 9.47 Å². The van der Waals surface area contributed by atoms with Gasteiger partial charge in [-0.15, -0.1) is 0 Å². The van der Waals surface area contributed by atoms with Crippen LogP contribution in [0.25, 0.3) is 0 Å². The van der Waals surface area contributed by atoms with Gasteiger partial charge in [0.1, 0.15) is 12.4 Å². The minimum Gasteiger partial charge on any atom is -0.491 e. The van der Waals surface area contributed by atoms with Crippen molar-refractivity contribution in [3.63, 3.8) is 0 Å². The molecule has 0 bridgehead atoms. The number of benzene rings is 1. The first-order valence-electron chi connectivity index (χ1n) is 7.12. The van der Waals surface area contributed by atoms with Gasteiger partial charge in [0.2, 0.25) is 0 Å². The van der Waals surface area contributed by atoms with E-state index in [9.17, 15) is 0 Å². The van der Waals surface area contributed by atoms with Gasteiger partial charge in [0.25, 0.3) is 0 Å². The SMILES string of the molecule is CC1CCC(CBr)(OCCOc2ccccc2)CC1. The zero-order valence-electron chi connectivity index (χ0n) is 11.6. The highest BCUT2D eigenvalue weighted by atomic mass is 79.9. The Balaban J connectivity index is 1.72. The van der Waals surface area contributed by atoms with Crippen LogP contribution in [0.2, 0.25) is 0 Å². The second-order valence-electron chi connectivity index (χ2n) is 5.51. The summed E-state index contributed by atoms with van der Waals surface area (Å²) in [6.45, 7) is 3.61. The molecule has 0 N–H and O–H groups in total. The van der Waals surface area contributed by atoms with E-state index in [-0.39, 0.29) is 5.60 Å². The molecule has 0 saturated heterocycles. The second-order valence-corrected chi connectivity index (χ2v) is 6.07. The quantitative estimate of drug-likeness (QED) is 0.569. The van der Waals surface area contributed by atoms with E-state index in [1.165, 1.54) is 12.8 Å². The minimum absolute atomic E-state index is 0.0343. The fraction of sp³-hybridized carbons (Fsp3) is 0.625. The van der Waals surface area contributed by atoms with Crippen molar-refractivity contribution in [1.29, 1.82) is 0 Å². The van der Waals surface area contributed by atoms with Crippen molar-refractivity contribution in [3.8, 4) is 5.75 Å². The molecule has 0 radical (unpaired) electrons. The first-order valence-corrected chi connectivity index (χ1v) is 8.24. The van der Waals surface area contributed by atoms with E-state index in [0.717, 1.165) is 29.8 Å². The van der Waals surface area contributed by atoms with Gasteiger partial charge in [-0.3, -0.25) is 0 Å². The molecule has 1 aliphatic rings. The number of ether oxygens (including phenoxy) is 2. The lowest BCUT2D eigenvalue weighted by atomic mass is 9.80. The largest absolute Gasteiger partial charge is 0.491 e. The molecule has 0 unspecified atom stereocenters. The maximum Gasteiger partial charge on any atom is 0.119 e. The van der Waals surface area contributed by atoms with Crippen molar-refractivity contribution in [2.45, 2.75) is 38.2 Å². The summed E-state index contributed by atoms with van der Waals surface area (Å²) in [5, 5.41) is 0.929. The van der Waals surface area contributed by atoms with Crippen LogP contribution in [0.3, 0.4) is 0 Å². The predicted octanol–water partition coefficient (Wildman–Crippen LogP) is 4.43. The van der Waals surface area contributed by atoms with Gasteiger partial charge in [0.15, 0.2) is 0 Å². The molecule has 1 aliphatic carbocycles. The Hall–Kier alpha value is -0.540. The van der Waals surface area contributed by atoms with Crippen LogP contribution in [0.15, 0.2) is 30.3 Å². The Labute approximate surface area is 124 Å². The smallest absolute Gasteiger partial charge is 0.119 e. The number of hydrogen-bond acceptors (Lipinski definition) is 2. The molecule has 0 spiro atoms. The Bertz CT molecular complexity index is 358. The van der Waals surface area contributed by atoms with Crippen LogP contribution in [-0.4, -0.2) is 24.1 Å². The summed E-state index contributed by atoms with van der Waals surface area (Å²) in [6, 6.07) is 9.91.